The highest BCUT2D eigenvalue weighted by Crippen LogP contribution is 1.76. The normalized spacial score (nSPS) is 7.50. The van der Waals surface area contributed by atoms with E-state index in [1.54, 1.807) is 6.92 Å². The van der Waals surface area contributed by atoms with E-state index in [1.165, 1.54) is 0 Å². The molecule has 0 bridgehead atoms. The summed E-state index contributed by atoms with van der Waals surface area (Å²) in [4.78, 5) is 12.8. The van der Waals surface area contributed by atoms with E-state index < -0.39 is 0 Å². The van der Waals surface area contributed by atoms with Crippen LogP contribution in [0.4, 0.5) is 0 Å². The summed E-state index contributed by atoms with van der Waals surface area (Å²) in [5.74, 6) is -0.255. The van der Waals surface area contributed by atoms with Crippen LogP contribution in [0, 0.1) is 0 Å². The Hall–Kier alpha value is -0.660. The minimum atomic E-state index is -0.255. The average Bonchev–Trinajstić information content (AvgIpc) is 1.65. The highest BCUT2D eigenvalue weighted by molar-refractivity contribution is 5.80. The van der Waals surface area contributed by atoms with Crippen molar-refractivity contribution in [2.24, 2.45) is 4.99 Å². The van der Waals surface area contributed by atoms with Gasteiger partial charge in [0.25, 0.3) is 0 Å². The van der Waals surface area contributed by atoms with E-state index in [-0.39, 0.29) is 5.91 Å². The largest absolute Gasteiger partial charge is 0.273 e. The first-order valence-corrected chi connectivity index (χ1v) is 1.75. The summed E-state index contributed by atoms with van der Waals surface area (Å²) in [6.07, 6.45) is 0.399. The number of hydrogen-bond donors (Lipinski definition) is 0. The number of rotatable bonds is 1. The summed E-state index contributed by atoms with van der Waals surface area (Å²) < 4.78 is 0. The lowest BCUT2D eigenvalue weighted by Gasteiger charge is -1.74. The Bertz CT molecular complexity index is 67.9. The van der Waals surface area contributed by atoms with E-state index in [4.69, 9.17) is 0 Å². The monoisotopic (exact) mass is 84.0 g/mol. The summed E-state index contributed by atoms with van der Waals surface area (Å²) in [6, 6.07) is 0. The Labute approximate surface area is 36.9 Å². The van der Waals surface area contributed by atoms with Gasteiger partial charge in [0.2, 0.25) is 5.91 Å². The molecule has 0 heterocycles. The molecule has 2 heteroatoms. The highest BCUT2D eigenvalue weighted by Gasteiger charge is 1.83. The van der Waals surface area contributed by atoms with E-state index in [0.717, 1.165) is 0 Å². The van der Waals surface area contributed by atoms with Crippen molar-refractivity contribution in [2.75, 3.05) is 0 Å². The molecule has 0 saturated carbocycles. The number of carbonyl (C=O) groups is 1. The fourth-order valence-electron chi connectivity index (χ4n) is 0.0913. The predicted molar refractivity (Wildman–Crippen MR) is 23.8 cm³/mol. The second-order valence-electron chi connectivity index (χ2n) is 0.876. The lowest BCUT2D eigenvalue weighted by atomic mass is 10.5. The first-order valence-electron chi connectivity index (χ1n) is 1.75. The standard InChI is InChI=1S/C4H6NO/c1-3-4(6)5-2/h2H,3H2,1H3. The quantitative estimate of drug-likeness (QED) is 0.425. The number of nitrogens with zero attached hydrogens (tertiary/aromatic N) is 1. The highest BCUT2D eigenvalue weighted by atomic mass is 16.1. The summed E-state index contributed by atoms with van der Waals surface area (Å²) in [7, 11) is 0. The molecule has 1 radical (unpaired) electrons. The van der Waals surface area contributed by atoms with Crippen LogP contribution >= 0.6 is 0 Å². The van der Waals surface area contributed by atoms with Gasteiger partial charge in [0.05, 0.1) is 0 Å². The zero-order chi connectivity index (χ0) is 4.99. The van der Waals surface area contributed by atoms with Crippen molar-refractivity contribution in [2.45, 2.75) is 13.3 Å². The third-order valence-corrected chi connectivity index (χ3v) is 0.446. The van der Waals surface area contributed by atoms with Crippen molar-refractivity contribution in [1.29, 1.82) is 0 Å². The third-order valence-electron chi connectivity index (χ3n) is 0.446. The fourth-order valence-corrected chi connectivity index (χ4v) is 0.0913. The summed E-state index contributed by atoms with van der Waals surface area (Å²) >= 11 is 0. The topological polar surface area (TPSA) is 29.4 Å². The van der Waals surface area contributed by atoms with Gasteiger partial charge in [-0.25, -0.2) is 4.99 Å². The predicted octanol–water partition coefficient (Wildman–Crippen LogP) is 0.501. The first-order chi connectivity index (χ1) is 2.81. The molecule has 1 amide bonds. The van der Waals surface area contributed by atoms with E-state index in [1.807, 2.05) is 0 Å². The number of amides is 1. The summed E-state index contributed by atoms with van der Waals surface area (Å²) in [5, 5.41) is 0. The molecular formula is C4H6NO. The molecule has 0 N–H and O–H groups in total. The molecule has 0 rings (SSSR count). The molecule has 2 nitrogen and oxygen atoms in total. The molecule has 0 aromatic carbocycles. The molecule has 0 aromatic heterocycles. The van der Waals surface area contributed by atoms with Gasteiger partial charge >= 0.3 is 0 Å². The van der Waals surface area contributed by atoms with Gasteiger partial charge in [0.15, 0.2) is 0 Å². The lowest BCUT2D eigenvalue weighted by Crippen LogP contribution is -1.84. The SMILES string of the molecule is [CH]=NC(=O)CC. The molecule has 0 aliphatic carbocycles. The van der Waals surface area contributed by atoms with Crippen LogP contribution in [0.3, 0.4) is 0 Å². The van der Waals surface area contributed by atoms with Crippen LogP contribution in [-0.4, -0.2) is 12.6 Å². The van der Waals surface area contributed by atoms with E-state index in [0.29, 0.717) is 6.42 Å². The maximum absolute atomic E-state index is 9.89. The Morgan fingerprint density at radius 1 is 2.00 bits per heavy atom. The van der Waals surface area contributed by atoms with Gasteiger partial charge in [-0.3, -0.25) is 4.79 Å². The molecule has 0 aliphatic heterocycles. The van der Waals surface area contributed by atoms with Crippen molar-refractivity contribution in [3.63, 3.8) is 0 Å². The fraction of sp³-hybridized carbons (Fsp3) is 0.500. The van der Waals surface area contributed by atoms with Crippen molar-refractivity contribution < 1.29 is 4.79 Å². The van der Waals surface area contributed by atoms with Crippen LogP contribution in [0.1, 0.15) is 13.3 Å². The molecule has 6 heavy (non-hydrogen) atoms. The van der Waals surface area contributed by atoms with Gasteiger partial charge in [-0.15, -0.1) is 0 Å². The molecule has 0 spiro atoms. The zero-order valence-corrected chi connectivity index (χ0v) is 3.64. The van der Waals surface area contributed by atoms with Gasteiger partial charge in [-0.1, -0.05) is 6.92 Å². The summed E-state index contributed by atoms with van der Waals surface area (Å²) in [5.41, 5.74) is 0. The van der Waals surface area contributed by atoms with Crippen LogP contribution < -0.4 is 0 Å². The smallest absolute Gasteiger partial charge is 0.245 e. The van der Waals surface area contributed by atoms with Crippen molar-refractivity contribution in [3.8, 4) is 0 Å². The van der Waals surface area contributed by atoms with Crippen LogP contribution in [0.25, 0.3) is 0 Å². The van der Waals surface area contributed by atoms with E-state index in [9.17, 15) is 4.79 Å². The molecular weight excluding hydrogens is 78.0 g/mol. The molecule has 0 atom stereocenters. The summed E-state index contributed by atoms with van der Waals surface area (Å²) in [6.45, 7) is 6.27. The van der Waals surface area contributed by atoms with Gasteiger partial charge in [-0.05, 0) is 0 Å². The van der Waals surface area contributed by atoms with Crippen LogP contribution in [-0.2, 0) is 4.79 Å². The van der Waals surface area contributed by atoms with E-state index in [2.05, 4.69) is 11.7 Å². The number of hydrogen-bond acceptors (Lipinski definition) is 1. The second-order valence-corrected chi connectivity index (χ2v) is 0.876. The first kappa shape index (κ1) is 5.34. The number of carbonyl (C=O) groups excluding carboxylic acids is 1. The van der Waals surface area contributed by atoms with Crippen molar-refractivity contribution in [1.82, 2.24) is 0 Å². The van der Waals surface area contributed by atoms with Gasteiger partial charge in [0.1, 0.15) is 0 Å². The lowest BCUT2D eigenvalue weighted by molar-refractivity contribution is -0.117. The molecule has 33 valence electrons. The Morgan fingerprint density at radius 3 is 2.50 bits per heavy atom. The average molecular weight is 84.1 g/mol. The maximum atomic E-state index is 9.89. The van der Waals surface area contributed by atoms with Crippen LogP contribution in [0.5, 0.6) is 0 Å². The zero-order valence-electron chi connectivity index (χ0n) is 3.64. The molecule has 0 aromatic rings. The van der Waals surface area contributed by atoms with Crippen molar-refractivity contribution in [3.05, 3.63) is 0 Å². The minimum absolute atomic E-state index is 0.255. The van der Waals surface area contributed by atoms with Gasteiger partial charge in [-0.2, -0.15) is 0 Å². The van der Waals surface area contributed by atoms with Crippen LogP contribution in [0.2, 0.25) is 0 Å². The Kier molecular flexibility index (Phi) is 2.29. The molecule has 0 aliphatic rings. The van der Waals surface area contributed by atoms with E-state index >= 15 is 0 Å². The minimum Gasteiger partial charge on any atom is -0.273 e. The second kappa shape index (κ2) is 2.57. The molecule has 0 fully saturated rings. The van der Waals surface area contributed by atoms with Gasteiger partial charge in [0, 0.05) is 13.1 Å². The number of aliphatic imine (C=N–C) groups is 1. The molecule has 0 saturated heterocycles. The maximum Gasteiger partial charge on any atom is 0.245 e. The van der Waals surface area contributed by atoms with Crippen LogP contribution in [0.15, 0.2) is 4.99 Å². The van der Waals surface area contributed by atoms with Gasteiger partial charge < -0.3 is 0 Å². The third kappa shape index (κ3) is 1.64. The Balaban J connectivity index is 3.23. The van der Waals surface area contributed by atoms with Crippen molar-refractivity contribution >= 4 is 12.6 Å². The Morgan fingerprint density at radius 2 is 2.50 bits per heavy atom. The molecule has 0 unspecified atom stereocenters.